The largest absolute Gasteiger partial charge is 0.358 e. The van der Waals surface area contributed by atoms with E-state index in [2.05, 4.69) is 34.2 Å². The van der Waals surface area contributed by atoms with Crippen molar-refractivity contribution in [2.45, 2.75) is 45.1 Å². The Morgan fingerprint density at radius 2 is 2.00 bits per heavy atom. The molecule has 6 heteroatoms. The first-order chi connectivity index (χ1) is 10.2. The number of hydrogen-bond acceptors (Lipinski definition) is 5. The van der Waals surface area contributed by atoms with Crippen molar-refractivity contribution >= 4 is 11.5 Å². The third-order valence-corrected chi connectivity index (χ3v) is 4.44. The van der Waals surface area contributed by atoms with Crippen molar-refractivity contribution in [1.29, 1.82) is 0 Å². The van der Waals surface area contributed by atoms with Crippen molar-refractivity contribution in [3.8, 4) is 0 Å². The Labute approximate surface area is 125 Å². The molecule has 1 saturated carbocycles. The number of anilines is 1. The van der Waals surface area contributed by atoms with Crippen LogP contribution < -0.4 is 10.6 Å². The zero-order valence-electron chi connectivity index (χ0n) is 12.9. The SMILES string of the molecule is CCc1nnc2ccc(N(C)CC3CCC(N)CC3)nn12. The van der Waals surface area contributed by atoms with E-state index in [-0.39, 0.29) is 0 Å². The second kappa shape index (κ2) is 5.97. The molecule has 2 aromatic rings. The van der Waals surface area contributed by atoms with Gasteiger partial charge in [-0.3, -0.25) is 0 Å². The van der Waals surface area contributed by atoms with Gasteiger partial charge in [0.25, 0.3) is 0 Å². The van der Waals surface area contributed by atoms with Gasteiger partial charge in [-0.05, 0) is 43.7 Å². The smallest absolute Gasteiger partial charge is 0.178 e. The molecule has 0 saturated heterocycles. The Balaban J connectivity index is 1.73. The molecule has 0 atom stereocenters. The van der Waals surface area contributed by atoms with Crippen molar-refractivity contribution in [1.82, 2.24) is 19.8 Å². The van der Waals surface area contributed by atoms with E-state index < -0.39 is 0 Å². The van der Waals surface area contributed by atoms with Crippen LogP contribution in [0.15, 0.2) is 12.1 Å². The van der Waals surface area contributed by atoms with E-state index in [1.807, 2.05) is 16.6 Å². The van der Waals surface area contributed by atoms with Gasteiger partial charge in [0.1, 0.15) is 5.82 Å². The summed E-state index contributed by atoms with van der Waals surface area (Å²) in [7, 11) is 2.11. The molecule has 1 fully saturated rings. The van der Waals surface area contributed by atoms with Crippen molar-refractivity contribution < 1.29 is 0 Å². The molecule has 0 unspecified atom stereocenters. The minimum atomic E-state index is 0.408. The molecule has 2 heterocycles. The minimum Gasteiger partial charge on any atom is -0.358 e. The summed E-state index contributed by atoms with van der Waals surface area (Å²) in [5.41, 5.74) is 6.79. The van der Waals surface area contributed by atoms with Gasteiger partial charge in [-0.1, -0.05) is 6.92 Å². The maximum atomic E-state index is 5.98. The summed E-state index contributed by atoms with van der Waals surface area (Å²) in [6, 6.07) is 4.42. The monoisotopic (exact) mass is 288 g/mol. The molecule has 0 bridgehead atoms. The lowest BCUT2D eigenvalue weighted by molar-refractivity contribution is 0.329. The Hall–Kier alpha value is -1.69. The van der Waals surface area contributed by atoms with Crippen LogP contribution in [0.25, 0.3) is 5.65 Å². The average Bonchev–Trinajstić information content (AvgIpc) is 2.91. The van der Waals surface area contributed by atoms with Crippen molar-refractivity contribution in [3.63, 3.8) is 0 Å². The highest BCUT2D eigenvalue weighted by atomic mass is 15.4. The molecule has 3 rings (SSSR count). The summed E-state index contributed by atoms with van der Waals surface area (Å²) >= 11 is 0. The van der Waals surface area contributed by atoms with E-state index >= 15 is 0 Å². The highest BCUT2D eigenvalue weighted by molar-refractivity contribution is 5.45. The zero-order valence-corrected chi connectivity index (χ0v) is 12.9. The van der Waals surface area contributed by atoms with Gasteiger partial charge in [-0.2, -0.15) is 4.52 Å². The first-order valence-electron chi connectivity index (χ1n) is 7.85. The highest BCUT2D eigenvalue weighted by Crippen LogP contribution is 2.25. The summed E-state index contributed by atoms with van der Waals surface area (Å²) in [4.78, 5) is 2.24. The molecule has 21 heavy (non-hydrogen) atoms. The van der Waals surface area contributed by atoms with E-state index in [0.717, 1.165) is 49.0 Å². The second-order valence-corrected chi connectivity index (χ2v) is 6.09. The fourth-order valence-corrected chi connectivity index (χ4v) is 3.10. The van der Waals surface area contributed by atoms with Crippen LogP contribution in [-0.4, -0.2) is 39.4 Å². The molecule has 0 radical (unpaired) electrons. The normalized spacial score (nSPS) is 22.6. The highest BCUT2D eigenvalue weighted by Gasteiger charge is 2.20. The van der Waals surface area contributed by atoms with E-state index in [0.29, 0.717) is 6.04 Å². The van der Waals surface area contributed by atoms with Crippen molar-refractivity contribution in [3.05, 3.63) is 18.0 Å². The van der Waals surface area contributed by atoms with Gasteiger partial charge in [-0.25, -0.2) is 0 Å². The van der Waals surface area contributed by atoms with Crippen LogP contribution in [0.5, 0.6) is 0 Å². The van der Waals surface area contributed by atoms with Gasteiger partial charge in [-0.15, -0.1) is 15.3 Å². The van der Waals surface area contributed by atoms with E-state index in [9.17, 15) is 0 Å². The van der Waals surface area contributed by atoms with Crippen LogP contribution >= 0.6 is 0 Å². The molecule has 0 spiro atoms. The summed E-state index contributed by atoms with van der Waals surface area (Å²) in [5, 5.41) is 13.0. The molecule has 1 aliphatic rings. The van der Waals surface area contributed by atoms with Gasteiger partial charge in [0, 0.05) is 26.1 Å². The minimum absolute atomic E-state index is 0.408. The molecular weight excluding hydrogens is 264 g/mol. The lowest BCUT2D eigenvalue weighted by atomic mass is 9.86. The first-order valence-corrected chi connectivity index (χ1v) is 7.85. The predicted octanol–water partition coefficient (Wildman–Crippen LogP) is 1.64. The van der Waals surface area contributed by atoms with E-state index in [1.54, 1.807) is 0 Å². The second-order valence-electron chi connectivity index (χ2n) is 6.09. The van der Waals surface area contributed by atoms with Crippen LogP contribution in [-0.2, 0) is 6.42 Å². The number of rotatable bonds is 4. The van der Waals surface area contributed by atoms with E-state index in [4.69, 9.17) is 5.73 Å². The van der Waals surface area contributed by atoms with Crippen molar-refractivity contribution in [2.75, 3.05) is 18.5 Å². The average molecular weight is 288 g/mol. The summed E-state index contributed by atoms with van der Waals surface area (Å²) < 4.78 is 1.85. The first kappa shape index (κ1) is 14.3. The number of aromatic nitrogens is 4. The molecule has 114 valence electrons. The predicted molar refractivity (Wildman–Crippen MR) is 83.4 cm³/mol. The van der Waals surface area contributed by atoms with Gasteiger partial charge in [0.2, 0.25) is 0 Å². The van der Waals surface area contributed by atoms with Gasteiger partial charge < -0.3 is 10.6 Å². The summed E-state index contributed by atoms with van der Waals surface area (Å²) in [6.07, 6.45) is 5.58. The Morgan fingerprint density at radius 1 is 1.24 bits per heavy atom. The quantitative estimate of drug-likeness (QED) is 0.926. The third kappa shape index (κ3) is 3.00. The standard InChI is InChI=1S/C15H24N6/c1-3-13-17-18-14-8-9-15(19-21(13)14)20(2)10-11-4-6-12(16)7-5-11/h8-9,11-12H,3-7,10,16H2,1-2H3. The number of fused-ring (bicyclic) bond motifs is 1. The fourth-order valence-electron chi connectivity index (χ4n) is 3.10. The summed E-state index contributed by atoms with van der Waals surface area (Å²) in [6.45, 7) is 3.11. The van der Waals surface area contributed by atoms with Crippen molar-refractivity contribution in [2.24, 2.45) is 11.7 Å². The maximum absolute atomic E-state index is 5.98. The zero-order chi connectivity index (χ0) is 14.8. The van der Waals surface area contributed by atoms with Gasteiger partial charge >= 0.3 is 0 Å². The van der Waals surface area contributed by atoms with Crippen LogP contribution in [0.1, 0.15) is 38.4 Å². The molecular formula is C15H24N6. The number of hydrogen-bond donors (Lipinski definition) is 1. The van der Waals surface area contributed by atoms with E-state index in [1.165, 1.54) is 12.8 Å². The Kier molecular flexibility index (Phi) is 4.05. The number of nitrogens with zero attached hydrogens (tertiary/aromatic N) is 5. The molecule has 0 amide bonds. The van der Waals surface area contributed by atoms with Gasteiger partial charge in [0.15, 0.2) is 11.5 Å². The lowest BCUT2D eigenvalue weighted by Gasteiger charge is -2.30. The van der Waals surface area contributed by atoms with Crippen LogP contribution in [0.4, 0.5) is 5.82 Å². The third-order valence-electron chi connectivity index (χ3n) is 4.44. The van der Waals surface area contributed by atoms with Gasteiger partial charge in [0.05, 0.1) is 0 Å². The molecule has 2 aromatic heterocycles. The molecule has 6 nitrogen and oxygen atoms in total. The Bertz CT molecular complexity index is 599. The lowest BCUT2D eigenvalue weighted by Crippen LogP contribution is -2.33. The number of aryl methyl sites for hydroxylation is 1. The number of nitrogens with two attached hydrogens (primary N) is 1. The summed E-state index contributed by atoms with van der Waals surface area (Å²) in [5.74, 6) is 2.61. The van der Waals surface area contributed by atoms with Crippen LogP contribution in [0, 0.1) is 5.92 Å². The molecule has 2 N–H and O–H groups in total. The maximum Gasteiger partial charge on any atom is 0.178 e. The van der Waals surface area contributed by atoms with Crippen LogP contribution in [0.2, 0.25) is 0 Å². The fraction of sp³-hybridized carbons (Fsp3) is 0.667. The topological polar surface area (TPSA) is 72.3 Å². The molecule has 1 aliphatic carbocycles. The van der Waals surface area contributed by atoms with Crippen LogP contribution in [0.3, 0.4) is 0 Å². The molecule has 0 aliphatic heterocycles. The Morgan fingerprint density at radius 3 is 2.71 bits per heavy atom. The molecule has 0 aromatic carbocycles.